The summed E-state index contributed by atoms with van der Waals surface area (Å²) in [6.45, 7) is 3.26. The van der Waals surface area contributed by atoms with Crippen LogP contribution in [0, 0.1) is 17.7 Å². The molecule has 210 valence electrons. The molecule has 1 aliphatic rings. The average Bonchev–Trinajstić information content (AvgIpc) is 3.38. The van der Waals surface area contributed by atoms with Gasteiger partial charge in [-0.25, -0.2) is 14.0 Å². The number of para-hydroxylation sites is 1. The van der Waals surface area contributed by atoms with Gasteiger partial charge >= 0.3 is 12.1 Å². The fraction of sp³-hybridized carbons (Fsp3) is 0.323. The predicted octanol–water partition coefficient (Wildman–Crippen LogP) is 6.35. The first-order chi connectivity index (χ1) is 19.1. The first kappa shape index (κ1) is 29.1. The Morgan fingerprint density at radius 2 is 1.73 bits per heavy atom. The molecule has 7 nitrogen and oxygen atoms in total. The highest BCUT2D eigenvalue weighted by Crippen LogP contribution is 2.32. The van der Waals surface area contributed by atoms with Gasteiger partial charge in [0.2, 0.25) is 0 Å². The third-order valence-electron chi connectivity index (χ3n) is 7.04. The highest BCUT2D eigenvalue weighted by atomic mass is 32.2. The van der Waals surface area contributed by atoms with Gasteiger partial charge in [-0.3, -0.25) is 4.79 Å². The number of Topliss-reactive ketones (excluding diaryl/α,β-unsaturated/α-hetero) is 1. The van der Waals surface area contributed by atoms with Crippen LogP contribution in [0.5, 0.6) is 11.5 Å². The predicted molar refractivity (Wildman–Crippen MR) is 151 cm³/mol. The number of amides is 1. The van der Waals surface area contributed by atoms with Crippen molar-refractivity contribution in [2.45, 2.75) is 37.2 Å². The van der Waals surface area contributed by atoms with Crippen LogP contribution in [-0.2, 0) is 11.2 Å². The van der Waals surface area contributed by atoms with Crippen molar-refractivity contribution in [3.8, 4) is 11.5 Å². The van der Waals surface area contributed by atoms with E-state index in [-0.39, 0.29) is 24.0 Å². The van der Waals surface area contributed by atoms with Crippen molar-refractivity contribution in [1.29, 1.82) is 0 Å². The van der Waals surface area contributed by atoms with Crippen LogP contribution in [0.15, 0.2) is 77.7 Å². The number of benzene rings is 3. The number of carbonyl (C=O) groups excluding carboxylic acids is 2. The van der Waals surface area contributed by atoms with E-state index in [0.29, 0.717) is 36.3 Å². The number of aryl methyl sites for hydroxylation is 1. The van der Waals surface area contributed by atoms with Crippen LogP contribution in [0.1, 0.15) is 36.2 Å². The number of thioether (sulfide) groups is 1. The van der Waals surface area contributed by atoms with E-state index in [9.17, 15) is 23.9 Å². The van der Waals surface area contributed by atoms with E-state index in [0.717, 1.165) is 4.90 Å². The van der Waals surface area contributed by atoms with Gasteiger partial charge in [-0.1, -0.05) is 36.4 Å². The summed E-state index contributed by atoms with van der Waals surface area (Å²) in [6, 6.07) is 20.6. The van der Waals surface area contributed by atoms with E-state index in [4.69, 9.17) is 9.47 Å². The Morgan fingerprint density at radius 3 is 2.35 bits per heavy atom. The van der Waals surface area contributed by atoms with E-state index < -0.39 is 29.4 Å². The smallest absolute Gasteiger partial charge is 0.415 e. The van der Waals surface area contributed by atoms with E-state index in [1.165, 1.54) is 26.0 Å². The molecule has 3 aromatic carbocycles. The van der Waals surface area contributed by atoms with Gasteiger partial charge in [-0.2, -0.15) is 0 Å². The quantitative estimate of drug-likeness (QED) is 0.226. The minimum Gasteiger partial charge on any atom is -0.478 e. The Balaban J connectivity index is 1.49. The van der Waals surface area contributed by atoms with Gasteiger partial charge in [-0.05, 0) is 80.8 Å². The molecule has 0 spiro atoms. The highest BCUT2D eigenvalue weighted by molar-refractivity contribution is 7.98. The Morgan fingerprint density at radius 1 is 1.02 bits per heavy atom. The number of ketones is 1. The lowest BCUT2D eigenvalue weighted by Crippen LogP contribution is -2.38. The number of hydrogen-bond donors (Lipinski definition) is 1. The van der Waals surface area contributed by atoms with E-state index in [1.807, 2.05) is 36.6 Å². The number of carboxylic acids is 1. The number of hydrogen-bond acceptors (Lipinski definition) is 6. The van der Waals surface area contributed by atoms with Crippen LogP contribution < -0.4 is 9.47 Å². The molecular formula is C31H32FNO6S. The summed E-state index contributed by atoms with van der Waals surface area (Å²) in [5.74, 6) is -2.23. The van der Waals surface area contributed by atoms with E-state index in [2.05, 4.69) is 0 Å². The average molecular weight is 566 g/mol. The molecule has 40 heavy (non-hydrogen) atoms. The van der Waals surface area contributed by atoms with E-state index in [1.54, 1.807) is 47.0 Å². The Hall–Kier alpha value is -3.85. The molecule has 3 aromatic rings. The maximum Gasteiger partial charge on any atom is 0.415 e. The fourth-order valence-corrected chi connectivity index (χ4v) is 5.09. The third kappa shape index (κ3) is 7.01. The minimum absolute atomic E-state index is 0.0431. The zero-order valence-corrected chi connectivity index (χ0v) is 23.4. The number of rotatable bonds is 10. The number of ether oxygens (including phenoxy) is 2. The fourth-order valence-electron chi connectivity index (χ4n) is 4.69. The van der Waals surface area contributed by atoms with Crippen molar-refractivity contribution in [3.05, 3.63) is 89.7 Å². The van der Waals surface area contributed by atoms with Crippen molar-refractivity contribution in [2.24, 2.45) is 11.8 Å². The summed E-state index contributed by atoms with van der Waals surface area (Å²) >= 11 is 1.59. The molecule has 0 bridgehead atoms. The van der Waals surface area contributed by atoms with E-state index >= 15 is 0 Å². The number of carbonyl (C=O) groups is 3. The molecule has 0 aliphatic carbocycles. The summed E-state index contributed by atoms with van der Waals surface area (Å²) < 4.78 is 25.6. The molecule has 1 heterocycles. The molecule has 4 rings (SSSR count). The summed E-state index contributed by atoms with van der Waals surface area (Å²) in [7, 11) is 0. The Kier molecular flexibility index (Phi) is 9.14. The second-order valence-electron chi connectivity index (χ2n) is 10.3. The van der Waals surface area contributed by atoms with Gasteiger partial charge in [0.15, 0.2) is 23.0 Å². The topological polar surface area (TPSA) is 93.1 Å². The zero-order valence-electron chi connectivity index (χ0n) is 22.6. The van der Waals surface area contributed by atoms with Crippen LogP contribution in [-0.4, -0.2) is 52.8 Å². The molecule has 0 unspecified atom stereocenters. The van der Waals surface area contributed by atoms with Crippen LogP contribution >= 0.6 is 11.8 Å². The SMILES string of the molecule is CSc1ccc(C(=O)[C@H]2CN(C(=O)Oc3ccccc3)C[C@@H]2CCc2ccc(OC(C)(C)C(=O)O)c(F)c2)cc1. The summed E-state index contributed by atoms with van der Waals surface area (Å²) in [5, 5.41) is 9.26. The molecule has 2 atom stereocenters. The Bertz CT molecular complexity index is 1360. The highest BCUT2D eigenvalue weighted by Gasteiger charge is 2.40. The van der Waals surface area contributed by atoms with Crippen molar-refractivity contribution in [2.75, 3.05) is 19.3 Å². The first-order valence-electron chi connectivity index (χ1n) is 13.0. The maximum atomic E-state index is 14.8. The van der Waals surface area contributed by atoms with Gasteiger partial charge in [0.1, 0.15) is 5.75 Å². The molecule has 1 fully saturated rings. The zero-order chi connectivity index (χ0) is 28.9. The molecule has 0 radical (unpaired) electrons. The number of likely N-dealkylation sites (tertiary alicyclic amines) is 1. The molecular weight excluding hydrogens is 533 g/mol. The van der Waals surface area contributed by atoms with Crippen LogP contribution in [0.3, 0.4) is 0 Å². The lowest BCUT2D eigenvalue weighted by atomic mass is 9.85. The molecule has 1 aliphatic heterocycles. The molecule has 1 N–H and O–H groups in total. The lowest BCUT2D eigenvalue weighted by Gasteiger charge is -2.22. The molecule has 0 aromatic heterocycles. The van der Waals surface area contributed by atoms with Crippen molar-refractivity contribution >= 4 is 29.6 Å². The molecule has 1 amide bonds. The van der Waals surface area contributed by atoms with Gasteiger partial charge in [-0.15, -0.1) is 11.8 Å². The normalized spacial score (nSPS) is 16.9. The van der Waals surface area contributed by atoms with Gasteiger partial charge in [0.25, 0.3) is 0 Å². The van der Waals surface area contributed by atoms with Crippen molar-refractivity contribution in [1.82, 2.24) is 4.90 Å². The van der Waals surface area contributed by atoms with Crippen LogP contribution in [0.4, 0.5) is 9.18 Å². The number of carboxylic acid groups (broad SMARTS) is 1. The largest absolute Gasteiger partial charge is 0.478 e. The van der Waals surface area contributed by atoms with Crippen molar-refractivity contribution < 1.29 is 33.4 Å². The van der Waals surface area contributed by atoms with Gasteiger partial charge < -0.3 is 19.5 Å². The second kappa shape index (κ2) is 12.6. The number of aliphatic carboxylic acids is 1. The van der Waals surface area contributed by atoms with Crippen LogP contribution in [0.2, 0.25) is 0 Å². The molecule has 0 saturated carbocycles. The monoisotopic (exact) mass is 565 g/mol. The summed E-state index contributed by atoms with van der Waals surface area (Å²) in [5.41, 5.74) is -0.315. The number of nitrogens with zero attached hydrogens (tertiary/aromatic N) is 1. The molecule has 1 saturated heterocycles. The first-order valence-corrected chi connectivity index (χ1v) is 14.2. The summed E-state index contributed by atoms with van der Waals surface area (Å²) in [6.07, 6.45) is 2.45. The third-order valence-corrected chi connectivity index (χ3v) is 7.78. The lowest BCUT2D eigenvalue weighted by molar-refractivity contribution is -0.152. The minimum atomic E-state index is -1.58. The molecule has 9 heteroatoms. The second-order valence-corrected chi connectivity index (χ2v) is 11.1. The van der Waals surface area contributed by atoms with Crippen molar-refractivity contribution in [3.63, 3.8) is 0 Å². The standard InChI is InChI=1S/C31H32FNO6S/c1-31(2,29(35)36)39-27-16-10-20(17-26(27)32)9-11-22-18-33(30(37)38-23-7-5-4-6-8-23)19-25(22)28(34)21-12-14-24(40-3)15-13-21/h4-8,10,12-17,22,25H,9,11,18-19H2,1-3H3,(H,35,36)/t22-,25-/m0/s1. The Labute approximate surface area is 237 Å². The van der Waals surface area contributed by atoms with Gasteiger partial charge in [0.05, 0.1) is 0 Å². The summed E-state index contributed by atoms with van der Waals surface area (Å²) in [4.78, 5) is 40.5. The van der Waals surface area contributed by atoms with Gasteiger partial charge in [0, 0.05) is 29.5 Å². The maximum absolute atomic E-state index is 14.8. The van der Waals surface area contributed by atoms with Crippen LogP contribution in [0.25, 0.3) is 0 Å². The number of halogens is 1.